The monoisotopic (exact) mass is 482 g/mol. The van der Waals surface area contributed by atoms with Crippen molar-refractivity contribution in [1.29, 1.82) is 0 Å². The summed E-state index contributed by atoms with van der Waals surface area (Å²) in [4.78, 5) is 30.6. The summed E-state index contributed by atoms with van der Waals surface area (Å²) >= 11 is 1.11. The number of nitrogens with zero attached hydrogens (tertiary/aromatic N) is 2. The Morgan fingerprint density at radius 1 is 1.44 bits per heavy atom. The van der Waals surface area contributed by atoms with Gasteiger partial charge in [0.25, 0.3) is 0 Å². The molecular weight excluding hydrogens is 451 g/mol. The zero-order valence-corrected chi connectivity index (χ0v) is 20.9. The molecule has 2 aliphatic rings. The van der Waals surface area contributed by atoms with Crippen LogP contribution in [-0.4, -0.2) is 60.4 Å². The Labute approximate surface area is 192 Å². The summed E-state index contributed by atoms with van der Waals surface area (Å²) in [5.41, 5.74) is 5.37. The smallest absolute Gasteiger partial charge is 0.415 e. The van der Waals surface area contributed by atoms with E-state index in [-0.39, 0.29) is 29.3 Å². The number of nitrogens with one attached hydrogen (secondary N) is 1. The van der Waals surface area contributed by atoms with Crippen molar-refractivity contribution in [3.05, 3.63) is 29.6 Å². The highest BCUT2D eigenvalue weighted by Gasteiger charge is 2.71. The van der Waals surface area contributed by atoms with E-state index in [0.29, 0.717) is 18.7 Å². The van der Waals surface area contributed by atoms with Crippen LogP contribution in [-0.2, 0) is 15.1 Å². The third-order valence-electron chi connectivity index (χ3n) is 6.02. The second-order valence-electron chi connectivity index (χ2n) is 9.67. The summed E-state index contributed by atoms with van der Waals surface area (Å²) in [6, 6.07) is 5.12. The number of aliphatic imine (C=N–C) groups is 1. The zero-order valence-electron chi connectivity index (χ0n) is 19.1. The Bertz CT molecular complexity index is 956. The lowest BCUT2D eigenvalue weighted by atomic mass is 9.85. The molecule has 0 spiro atoms. The number of amidine groups is 1. The number of fused-ring (bicyclic) bond motifs is 1. The van der Waals surface area contributed by atoms with E-state index in [1.807, 2.05) is 0 Å². The van der Waals surface area contributed by atoms with Crippen molar-refractivity contribution in [2.24, 2.45) is 10.9 Å². The zero-order chi connectivity index (χ0) is 23.9. The SMILES string of the molecule is CNC(=O)[C@]12C[C@H]1[C@@](C)(c1cc(N)ccc1F)N=C(N(COCC[Si](C)(C)C)C(=O)O)S2. The standard InChI is InChI=1S/C21H31FN4O4SSi/c1-20(14-10-13(23)6-7-15(14)22)16-11-21(16,17(27)24-2)31-18(25-20)26(19(28)29)12-30-8-9-32(3,4)5/h6-7,10,16H,8-9,11-12,23H2,1-5H3,(H,24,27)(H,28,29)/t16-,20+,21-/m0/s1. The van der Waals surface area contributed by atoms with Gasteiger partial charge >= 0.3 is 6.09 Å². The van der Waals surface area contributed by atoms with Crippen LogP contribution < -0.4 is 11.1 Å². The Morgan fingerprint density at radius 3 is 2.72 bits per heavy atom. The number of carboxylic acid groups (broad SMARTS) is 1. The van der Waals surface area contributed by atoms with E-state index >= 15 is 0 Å². The molecule has 1 aromatic rings. The lowest BCUT2D eigenvalue weighted by Crippen LogP contribution is -2.47. The normalized spacial score (nSPS) is 26.7. The summed E-state index contributed by atoms with van der Waals surface area (Å²) in [5.74, 6) is -1.04. The first-order valence-corrected chi connectivity index (χ1v) is 15.0. The van der Waals surface area contributed by atoms with Crippen molar-refractivity contribution in [1.82, 2.24) is 10.2 Å². The molecule has 1 aliphatic heterocycles. The van der Waals surface area contributed by atoms with Gasteiger partial charge in [-0.25, -0.2) is 14.1 Å². The highest BCUT2D eigenvalue weighted by molar-refractivity contribution is 8.16. The molecule has 0 unspecified atom stereocenters. The van der Waals surface area contributed by atoms with E-state index in [0.717, 1.165) is 22.7 Å². The summed E-state index contributed by atoms with van der Waals surface area (Å²) < 4.78 is 19.6. The van der Waals surface area contributed by atoms with Gasteiger partial charge in [-0.15, -0.1) is 0 Å². The molecule has 3 atom stereocenters. The number of carbonyl (C=O) groups is 2. The summed E-state index contributed by atoms with van der Waals surface area (Å²) in [6.07, 6.45) is -0.801. The number of amides is 2. The first kappa shape index (κ1) is 24.5. The van der Waals surface area contributed by atoms with Gasteiger partial charge in [0, 0.05) is 38.9 Å². The molecule has 1 heterocycles. The van der Waals surface area contributed by atoms with Crippen molar-refractivity contribution < 1.29 is 23.8 Å². The Balaban J connectivity index is 1.98. The Morgan fingerprint density at radius 2 is 2.12 bits per heavy atom. The Hall–Kier alpha value is -2.11. The van der Waals surface area contributed by atoms with E-state index in [4.69, 9.17) is 15.5 Å². The van der Waals surface area contributed by atoms with E-state index in [1.165, 1.54) is 25.2 Å². The molecular formula is C21H31FN4O4SSi. The maximum Gasteiger partial charge on any atom is 0.415 e. The number of carbonyl (C=O) groups excluding carboxylic acids is 1. The Kier molecular flexibility index (Phi) is 6.65. The molecule has 0 radical (unpaired) electrons. The van der Waals surface area contributed by atoms with Crippen LogP contribution >= 0.6 is 11.8 Å². The quantitative estimate of drug-likeness (QED) is 0.237. The largest absolute Gasteiger partial charge is 0.465 e. The fraction of sp³-hybridized carbons (Fsp3) is 0.571. The van der Waals surface area contributed by atoms with Crippen molar-refractivity contribution >= 4 is 42.7 Å². The van der Waals surface area contributed by atoms with E-state index in [9.17, 15) is 19.1 Å². The maximum absolute atomic E-state index is 14.9. The molecule has 11 heteroatoms. The number of nitrogen functional groups attached to an aromatic ring is 1. The third-order valence-corrected chi connectivity index (χ3v) is 9.21. The van der Waals surface area contributed by atoms with Crippen LogP contribution in [0.15, 0.2) is 23.2 Å². The van der Waals surface area contributed by atoms with Gasteiger partial charge in [0.15, 0.2) is 5.17 Å². The number of hydrogen-bond donors (Lipinski definition) is 3. The second kappa shape index (κ2) is 8.68. The average Bonchev–Trinajstić information content (AvgIpc) is 3.45. The highest BCUT2D eigenvalue weighted by Crippen LogP contribution is 2.66. The van der Waals surface area contributed by atoms with E-state index < -0.39 is 30.3 Å². The molecule has 2 amide bonds. The fourth-order valence-electron chi connectivity index (χ4n) is 4.00. The molecule has 0 aromatic heterocycles. The molecule has 1 aliphatic carbocycles. The summed E-state index contributed by atoms with van der Waals surface area (Å²) in [6.45, 7) is 8.57. The molecule has 32 heavy (non-hydrogen) atoms. The number of rotatable bonds is 7. The minimum atomic E-state index is -1.34. The first-order chi connectivity index (χ1) is 14.8. The molecule has 8 nitrogen and oxygen atoms in total. The van der Waals surface area contributed by atoms with Crippen LogP contribution in [0.4, 0.5) is 14.9 Å². The van der Waals surface area contributed by atoms with Gasteiger partial charge in [-0.3, -0.25) is 9.79 Å². The van der Waals surface area contributed by atoms with Gasteiger partial charge in [-0.1, -0.05) is 31.4 Å². The highest BCUT2D eigenvalue weighted by atomic mass is 32.2. The number of ether oxygens (including phenoxy) is 1. The van der Waals surface area contributed by atoms with E-state index in [1.54, 1.807) is 6.92 Å². The predicted molar refractivity (Wildman–Crippen MR) is 127 cm³/mol. The van der Waals surface area contributed by atoms with Crippen LogP contribution in [0.1, 0.15) is 18.9 Å². The number of benzene rings is 1. The summed E-state index contributed by atoms with van der Waals surface area (Å²) in [5, 5.41) is 12.7. The predicted octanol–water partition coefficient (Wildman–Crippen LogP) is 3.52. The van der Waals surface area contributed by atoms with Gasteiger partial charge in [-0.2, -0.15) is 0 Å². The minimum absolute atomic E-state index is 0.118. The van der Waals surface area contributed by atoms with Gasteiger partial charge in [-0.05, 0) is 37.6 Å². The molecule has 1 aromatic carbocycles. The van der Waals surface area contributed by atoms with Gasteiger partial charge in [0.05, 0.1) is 5.54 Å². The molecule has 1 saturated carbocycles. The minimum Gasteiger partial charge on any atom is -0.465 e. The lowest BCUT2D eigenvalue weighted by molar-refractivity contribution is -0.121. The van der Waals surface area contributed by atoms with Crippen LogP contribution in [0.2, 0.25) is 25.7 Å². The summed E-state index contributed by atoms with van der Waals surface area (Å²) in [7, 11) is 0.189. The van der Waals surface area contributed by atoms with Crippen LogP contribution in [0, 0.1) is 11.7 Å². The number of hydrogen-bond acceptors (Lipinski definition) is 6. The van der Waals surface area contributed by atoms with Crippen molar-refractivity contribution in [3.8, 4) is 0 Å². The number of anilines is 1. The molecule has 0 saturated heterocycles. The van der Waals surface area contributed by atoms with E-state index in [2.05, 4.69) is 25.0 Å². The molecule has 0 bridgehead atoms. The number of thioether (sulfide) groups is 1. The third kappa shape index (κ3) is 4.64. The molecule has 3 rings (SSSR count). The fourth-order valence-corrected chi connectivity index (χ4v) is 6.38. The van der Waals surface area contributed by atoms with Crippen LogP contribution in [0.5, 0.6) is 0 Å². The lowest BCUT2D eigenvalue weighted by Gasteiger charge is -2.36. The van der Waals surface area contributed by atoms with Crippen LogP contribution in [0.3, 0.4) is 0 Å². The number of nitrogens with two attached hydrogens (primary N) is 1. The molecule has 1 fully saturated rings. The van der Waals surface area contributed by atoms with Crippen LogP contribution in [0.25, 0.3) is 0 Å². The van der Waals surface area contributed by atoms with Gasteiger partial charge < -0.3 is 20.9 Å². The average molecular weight is 483 g/mol. The molecule has 4 N–H and O–H groups in total. The van der Waals surface area contributed by atoms with Crippen molar-refractivity contribution in [3.63, 3.8) is 0 Å². The number of halogens is 1. The second-order valence-corrected chi connectivity index (χ2v) is 16.6. The van der Waals surface area contributed by atoms with Crippen molar-refractivity contribution in [2.75, 3.05) is 26.1 Å². The topological polar surface area (TPSA) is 117 Å². The maximum atomic E-state index is 14.9. The van der Waals surface area contributed by atoms with Crippen molar-refractivity contribution in [2.45, 2.75) is 49.3 Å². The molecule has 176 valence electrons. The van der Waals surface area contributed by atoms with Gasteiger partial charge in [0.2, 0.25) is 5.91 Å². The first-order valence-electron chi connectivity index (χ1n) is 10.5. The van der Waals surface area contributed by atoms with Gasteiger partial charge in [0.1, 0.15) is 17.3 Å².